The van der Waals surface area contributed by atoms with E-state index in [4.69, 9.17) is 10.3 Å². The Kier molecular flexibility index (Phi) is 4.14. The molecule has 1 aliphatic rings. The summed E-state index contributed by atoms with van der Waals surface area (Å²) in [5, 5.41) is 4.02. The van der Waals surface area contributed by atoms with Crippen molar-refractivity contribution in [3.8, 4) is 0 Å². The highest BCUT2D eigenvalue weighted by Gasteiger charge is 2.38. The van der Waals surface area contributed by atoms with E-state index in [1.54, 1.807) is 11.8 Å². The van der Waals surface area contributed by atoms with E-state index in [1.807, 2.05) is 12.1 Å². The summed E-state index contributed by atoms with van der Waals surface area (Å²) in [5.41, 5.74) is 5.84. The zero-order valence-corrected chi connectivity index (χ0v) is 13.4. The fraction of sp³-hybridized carbons (Fsp3) is 0.429. The maximum Gasteiger partial charge on any atom is 0.227 e. The second kappa shape index (κ2) is 5.87. The zero-order chi connectivity index (χ0) is 14.0. The summed E-state index contributed by atoms with van der Waals surface area (Å²) < 4.78 is 6.38. The van der Waals surface area contributed by atoms with Gasteiger partial charge in [0.05, 0.1) is 5.54 Å². The van der Waals surface area contributed by atoms with E-state index in [2.05, 4.69) is 38.2 Å². The quantitative estimate of drug-likeness (QED) is 0.833. The van der Waals surface area contributed by atoms with E-state index in [0.29, 0.717) is 11.7 Å². The first kappa shape index (κ1) is 14.1. The maximum atomic E-state index is 6.18. The van der Waals surface area contributed by atoms with Crippen molar-refractivity contribution in [2.75, 3.05) is 5.75 Å². The lowest BCUT2D eigenvalue weighted by Gasteiger charge is -2.34. The van der Waals surface area contributed by atoms with Crippen molar-refractivity contribution < 1.29 is 4.52 Å². The summed E-state index contributed by atoms with van der Waals surface area (Å²) >= 11 is 5.21. The Bertz CT molecular complexity index is 580. The number of nitrogens with two attached hydrogens (primary N) is 1. The van der Waals surface area contributed by atoms with E-state index in [9.17, 15) is 0 Å². The first-order chi connectivity index (χ1) is 9.66. The molecular formula is C14H16BrN3OS. The van der Waals surface area contributed by atoms with Gasteiger partial charge in [0.1, 0.15) is 0 Å². The molecule has 0 saturated heterocycles. The van der Waals surface area contributed by atoms with Crippen molar-refractivity contribution in [2.24, 2.45) is 5.73 Å². The number of thioether (sulfide) groups is 1. The fourth-order valence-electron chi connectivity index (χ4n) is 2.13. The van der Waals surface area contributed by atoms with Crippen LogP contribution in [0.4, 0.5) is 0 Å². The molecule has 2 aromatic rings. The molecule has 0 amide bonds. The molecule has 3 rings (SSSR count). The van der Waals surface area contributed by atoms with Crippen LogP contribution in [0.5, 0.6) is 0 Å². The van der Waals surface area contributed by atoms with Gasteiger partial charge >= 0.3 is 0 Å². The molecule has 1 saturated carbocycles. The van der Waals surface area contributed by atoms with E-state index in [-0.39, 0.29) is 5.54 Å². The number of aromatic nitrogens is 2. The van der Waals surface area contributed by atoms with Crippen LogP contribution >= 0.6 is 27.7 Å². The van der Waals surface area contributed by atoms with E-state index < -0.39 is 0 Å². The molecule has 1 heterocycles. The van der Waals surface area contributed by atoms with Crippen LogP contribution in [-0.2, 0) is 12.0 Å². The molecule has 6 heteroatoms. The van der Waals surface area contributed by atoms with Gasteiger partial charge in [0, 0.05) is 21.5 Å². The number of hydrogen-bond acceptors (Lipinski definition) is 5. The smallest absolute Gasteiger partial charge is 0.227 e. The number of rotatable bonds is 5. The third kappa shape index (κ3) is 3.07. The van der Waals surface area contributed by atoms with E-state index in [1.165, 1.54) is 4.90 Å². The molecule has 2 N–H and O–H groups in total. The molecule has 1 fully saturated rings. The van der Waals surface area contributed by atoms with Crippen molar-refractivity contribution in [1.29, 1.82) is 0 Å². The van der Waals surface area contributed by atoms with Gasteiger partial charge in [-0.05, 0) is 43.5 Å². The van der Waals surface area contributed by atoms with Crippen LogP contribution in [0, 0.1) is 0 Å². The lowest BCUT2D eigenvalue weighted by Crippen LogP contribution is -2.44. The molecule has 20 heavy (non-hydrogen) atoms. The Labute approximate surface area is 130 Å². The van der Waals surface area contributed by atoms with E-state index in [0.717, 1.165) is 35.9 Å². The lowest BCUT2D eigenvalue weighted by atomic mass is 9.77. The Hall–Kier alpha value is -0.850. The maximum absolute atomic E-state index is 6.18. The van der Waals surface area contributed by atoms with Gasteiger partial charge in [-0.15, -0.1) is 11.8 Å². The first-order valence-corrected chi connectivity index (χ1v) is 8.44. The van der Waals surface area contributed by atoms with Gasteiger partial charge in [-0.25, -0.2) is 0 Å². The number of nitrogens with zero attached hydrogens (tertiary/aromatic N) is 2. The second-order valence-electron chi connectivity index (χ2n) is 5.07. The van der Waals surface area contributed by atoms with Crippen molar-refractivity contribution >= 4 is 27.7 Å². The molecule has 4 nitrogen and oxygen atoms in total. The molecule has 0 atom stereocenters. The Morgan fingerprint density at radius 2 is 2.05 bits per heavy atom. The van der Waals surface area contributed by atoms with Crippen LogP contribution in [0.15, 0.2) is 38.2 Å². The zero-order valence-electron chi connectivity index (χ0n) is 11.0. The van der Waals surface area contributed by atoms with Gasteiger partial charge < -0.3 is 10.3 Å². The monoisotopic (exact) mass is 353 g/mol. The van der Waals surface area contributed by atoms with Crippen LogP contribution < -0.4 is 5.73 Å². The normalized spacial score (nSPS) is 16.9. The third-order valence-electron chi connectivity index (χ3n) is 3.56. The van der Waals surface area contributed by atoms with Gasteiger partial charge in [0.15, 0.2) is 5.82 Å². The molecule has 0 aliphatic heterocycles. The second-order valence-corrected chi connectivity index (χ2v) is 7.16. The summed E-state index contributed by atoms with van der Waals surface area (Å²) in [7, 11) is 0. The molecule has 0 unspecified atom stereocenters. The van der Waals surface area contributed by atoms with Gasteiger partial charge in [-0.2, -0.15) is 4.98 Å². The van der Waals surface area contributed by atoms with Crippen LogP contribution in [-0.4, -0.2) is 15.9 Å². The van der Waals surface area contributed by atoms with E-state index >= 15 is 0 Å². The largest absolute Gasteiger partial charge is 0.339 e. The molecule has 1 aromatic carbocycles. The number of halogens is 1. The van der Waals surface area contributed by atoms with Gasteiger partial charge in [-0.1, -0.05) is 21.1 Å². The van der Waals surface area contributed by atoms with Crippen molar-refractivity contribution in [3.05, 3.63) is 40.5 Å². The van der Waals surface area contributed by atoms with Gasteiger partial charge in [0.2, 0.25) is 5.89 Å². The predicted octanol–water partition coefficient (Wildman–Crippen LogP) is 3.50. The lowest BCUT2D eigenvalue weighted by molar-refractivity contribution is 0.229. The molecule has 0 bridgehead atoms. The van der Waals surface area contributed by atoms with Crippen molar-refractivity contribution in [1.82, 2.24) is 10.1 Å². The minimum Gasteiger partial charge on any atom is -0.339 e. The number of benzene rings is 1. The minimum atomic E-state index is -0.333. The Morgan fingerprint density at radius 3 is 2.70 bits per heavy atom. The van der Waals surface area contributed by atoms with Crippen molar-refractivity contribution in [3.63, 3.8) is 0 Å². The Balaban J connectivity index is 1.52. The summed E-state index contributed by atoms with van der Waals surface area (Å²) in [6.07, 6.45) is 3.84. The predicted molar refractivity (Wildman–Crippen MR) is 82.6 cm³/mol. The number of hydrogen-bond donors (Lipinski definition) is 1. The molecular weight excluding hydrogens is 338 g/mol. The average Bonchev–Trinajstić information content (AvgIpc) is 2.87. The van der Waals surface area contributed by atoms with Crippen LogP contribution in [0.2, 0.25) is 0 Å². The molecule has 106 valence electrons. The van der Waals surface area contributed by atoms with Crippen molar-refractivity contribution in [2.45, 2.75) is 36.1 Å². The molecule has 0 spiro atoms. The summed E-state index contributed by atoms with van der Waals surface area (Å²) in [6.45, 7) is 0. The standard InChI is InChI=1S/C14H16BrN3OS/c15-10-2-4-11(5-3-10)20-9-6-12-17-13(18-19-12)14(16)7-1-8-14/h2-5H,1,6-9,16H2. The summed E-state index contributed by atoms with van der Waals surface area (Å²) in [6, 6.07) is 8.28. The van der Waals surface area contributed by atoms with Gasteiger partial charge in [0.25, 0.3) is 0 Å². The minimum absolute atomic E-state index is 0.333. The fourth-order valence-corrected chi connectivity index (χ4v) is 3.23. The van der Waals surface area contributed by atoms with Gasteiger partial charge in [-0.3, -0.25) is 0 Å². The summed E-state index contributed by atoms with van der Waals surface area (Å²) in [4.78, 5) is 5.66. The summed E-state index contributed by atoms with van der Waals surface area (Å²) in [5.74, 6) is 2.27. The first-order valence-electron chi connectivity index (χ1n) is 6.66. The average molecular weight is 354 g/mol. The highest BCUT2D eigenvalue weighted by molar-refractivity contribution is 9.10. The Morgan fingerprint density at radius 1 is 1.30 bits per heavy atom. The van der Waals surface area contributed by atoms with Crippen LogP contribution in [0.25, 0.3) is 0 Å². The highest BCUT2D eigenvalue weighted by Crippen LogP contribution is 2.36. The van der Waals surface area contributed by atoms with Crippen LogP contribution in [0.1, 0.15) is 31.0 Å². The topological polar surface area (TPSA) is 64.9 Å². The highest BCUT2D eigenvalue weighted by atomic mass is 79.9. The van der Waals surface area contributed by atoms with Crippen LogP contribution in [0.3, 0.4) is 0 Å². The molecule has 1 aliphatic carbocycles. The molecule has 1 aromatic heterocycles. The SMILES string of the molecule is NC1(c2noc(CCSc3ccc(Br)cc3)n2)CCC1. The molecule has 0 radical (unpaired) electrons. The third-order valence-corrected chi connectivity index (χ3v) is 5.10. The number of aryl methyl sites for hydroxylation is 1.